The molecule has 2 atom stereocenters. The smallest absolute Gasteiger partial charge is 0.127 e. The molecule has 3 heterocycles. The van der Waals surface area contributed by atoms with Gasteiger partial charge in [0, 0.05) is 6.20 Å². The second kappa shape index (κ2) is 3.84. The molecule has 0 bridgehead atoms. The molecule has 0 amide bonds. The van der Waals surface area contributed by atoms with Crippen molar-refractivity contribution in [2.45, 2.75) is 25.0 Å². The number of H-pyrrole nitrogens is 1. The van der Waals surface area contributed by atoms with Gasteiger partial charge in [-0.25, -0.2) is 4.98 Å². The van der Waals surface area contributed by atoms with Gasteiger partial charge in [-0.1, -0.05) is 0 Å². The van der Waals surface area contributed by atoms with Gasteiger partial charge in [0.2, 0.25) is 0 Å². The van der Waals surface area contributed by atoms with Crippen LogP contribution in [0.2, 0.25) is 0 Å². The van der Waals surface area contributed by atoms with Gasteiger partial charge in [-0.3, -0.25) is 4.98 Å². The Kier molecular flexibility index (Phi) is 2.34. The normalized spacial score (nSPS) is 26.1. The number of nitrogens with zero attached hydrogens (tertiary/aromatic N) is 2. The van der Waals surface area contributed by atoms with E-state index in [2.05, 4.69) is 20.3 Å². The standard InChI is InChI=1S/C11H14N4O/c16-9-2-1-4-13-10(9)11-14-7-3-5-12-6-8(7)15-11/h3,5-6,9-10,13,16H,1-2,4H2,(H,14,15). The van der Waals surface area contributed by atoms with Crippen molar-refractivity contribution in [3.05, 3.63) is 24.3 Å². The number of aromatic nitrogens is 3. The van der Waals surface area contributed by atoms with E-state index >= 15 is 0 Å². The minimum atomic E-state index is -0.359. The second-order valence-corrected chi connectivity index (χ2v) is 4.16. The molecule has 2 unspecified atom stereocenters. The van der Waals surface area contributed by atoms with E-state index in [4.69, 9.17) is 0 Å². The highest BCUT2D eigenvalue weighted by Crippen LogP contribution is 2.23. The third-order valence-corrected chi connectivity index (χ3v) is 3.02. The minimum absolute atomic E-state index is 0.0823. The molecule has 1 aliphatic heterocycles. The summed E-state index contributed by atoms with van der Waals surface area (Å²) in [5.74, 6) is 0.801. The summed E-state index contributed by atoms with van der Waals surface area (Å²) in [4.78, 5) is 11.7. The van der Waals surface area contributed by atoms with Crippen LogP contribution < -0.4 is 5.32 Å². The highest BCUT2D eigenvalue weighted by molar-refractivity contribution is 5.73. The SMILES string of the molecule is OC1CCCNC1c1nc2ccncc2[nH]1. The molecule has 3 rings (SSSR count). The number of imidazole rings is 1. The fourth-order valence-corrected chi connectivity index (χ4v) is 2.17. The zero-order valence-corrected chi connectivity index (χ0v) is 8.85. The molecule has 0 saturated carbocycles. The van der Waals surface area contributed by atoms with E-state index in [-0.39, 0.29) is 12.1 Å². The maximum atomic E-state index is 9.91. The van der Waals surface area contributed by atoms with Crippen LogP contribution in [0, 0.1) is 0 Å². The van der Waals surface area contributed by atoms with Crippen LogP contribution in [0.3, 0.4) is 0 Å². The fourth-order valence-electron chi connectivity index (χ4n) is 2.17. The third kappa shape index (κ3) is 1.58. The number of aromatic amines is 1. The summed E-state index contributed by atoms with van der Waals surface area (Å²) < 4.78 is 0. The van der Waals surface area contributed by atoms with Gasteiger partial charge in [0.15, 0.2) is 0 Å². The molecule has 0 radical (unpaired) electrons. The van der Waals surface area contributed by atoms with Crippen molar-refractivity contribution in [3.63, 3.8) is 0 Å². The quantitative estimate of drug-likeness (QED) is 0.660. The first-order valence-corrected chi connectivity index (χ1v) is 5.55. The molecule has 16 heavy (non-hydrogen) atoms. The minimum Gasteiger partial charge on any atom is -0.391 e. The summed E-state index contributed by atoms with van der Waals surface area (Å²) in [6.45, 7) is 0.928. The Labute approximate surface area is 92.9 Å². The molecule has 1 saturated heterocycles. The van der Waals surface area contributed by atoms with Gasteiger partial charge in [0.25, 0.3) is 0 Å². The van der Waals surface area contributed by atoms with Crippen molar-refractivity contribution < 1.29 is 5.11 Å². The largest absolute Gasteiger partial charge is 0.391 e. The second-order valence-electron chi connectivity index (χ2n) is 4.16. The Morgan fingerprint density at radius 1 is 1.44 bits per heavy atom. The summed E-state index contributed by atoms with van der Waals surface area (Å²) in [7, 11) is 0. The lowest BCUT2D eigenvalue weighted by Crippen LogP contribution is -2.38. The zero-order chi connectivity index (χ0) is 11.0. The van der Waals surface area contributed by atoms with Crippen molar-refractivity contribution in [1.82, 2.24) is 20.3 Å². The maximum Gasteiger partial charge on any atom is 0.127 e. The molecular formula is C11H14N4O. The predicted molar refractivity (Wildman–Crippen MR) is 59.9 cm³/mol. The first kappa shape index (κ1) is 9.74. The number of fused-ring (bicyclic) bond motifs is 1. The monoisotopic (exact) mass is 218 g/mol. The van der Waals surface area contributed by atoms with Crippen molar-refractivity contribution in [3.8, 4) is 0 Å². The van der Waals surface area contributed by atoms with E-state index in [0.717, 1.165) is 36.2 Å². The van der Waals surface area contributed by atoms with E-state index in [0.29, 0.717) is 0 Å². The molecule has 5 heteroatoms. The van der Waals surface area contributed by atoms with Crippen LogP contribution in [0.5, 0.6) is 0 Å². The summed E-state index contributed by atoms with van der Waals surface area (Å²) in [5.41, 5.74) is 1.81. The number of pyridine rings is 1. The average molecular weight is 218 g/mol. The molecule has 1 fully saturated rings. The number of aliphatic hydroxyl groups excluding tert-OH is 1. The molecule has 2 aromatic rings. The van der Waals surface area contributed by atoms with Crippen molar-refractivity contribution in [2.24, 2.45) is 0 Å². The lowest BCUT2D eigenvalue weighted by molar-refractivity contribution is 0.0933. The van der Waals surface area contributed by atoms with Gasteiger partial charge in [0.05, 0.1) is 29.4 Å². The molecular weight excluding hydrogens is 204 g/mol. The molecule has 84 valence electrons. The summed E-state index contributed by atoms with van der Waals surface area (Å²) in [6.07, 6.45) is 4.95. The Morgan fingerprint density at radius 3 is 3.19 bits per heavy atom. The average Bonchev–Trinajstić information content (AvgIpc) is 2.73. The number of nitrogens with one attached hydrogen (secondary N) is 2. The Balaban J connectivity index is 1.98. The van der Waals surface area contributed by atoms with Crippen molar-refractivity contribution >= 4 is 11.0 Å². The first-order valence-electron chi connectivity index (χ1n) is 5.55. The lowest BCUT2D eigenvalue weighted by Gasteiger charge is -2.27. The number of hydrogen-bond donors (Lipinski definition) is 3. The summed E-state index contributed by atoms with van der Waals surface area (Å²) in [5, 5.41) is 13.2. The van der Waals surface area contributed by atoms with Crippen LogP contribution in [0.15, 0.2) is 18.5 Å². The Hall–Kier alpha value is -1.46. The van der Waals surface area contributed by atoms with E-state index in [1.54, 1.807) is 12.4 Å². The zero-order valence-electron chi connectivity index (χ0n) is 8.85. The van der Waals surface area contributed by atoms with Gasteiger partial charge in [-0.15, -0.1) is 0 Å². The van der Waals surface area contributed by atoms with Crippen molar-refractivity contribution in [2.75, 3.05) is 6.54 Å². The number of piperidine rings is 1. The van der Waals surface area contributed by atoms with E-state index < -0.39 is 0 Å². The topological polar surface area (TPSA) is 73.8 Å². The van der Waals surface area contributed by atoms with Crippen molar-refractivity contribution in [1.29, 1.82) is 0 Å². The molecule has 5 nitrogen and oxygen atoms in total. The Morgan fingerprint density at radius 2 is 2.38 bits per heavy atom. The van der Waals surface area contributed by atoms with E-state index in [9.17, 15) is 5.11 Å². The Bertz CT molecular complexity index is 462. The van der Waals surface area contributed by atoms with Gasteiger partial charge >= 0.3 is 0 Å². The third-order valence-electron chi connectivity index (χ3n) is 3.02. The van der Waals surface area contributed by atoms with Crippen LogP contribution >= 0.6 is 0 Å². The van der Waals surface area contributed by atoms with Crippen LogP contribution in [0.1, 0.15) is 24.7 Å². The molecule has 1 aliphatic rings. The van der Waals surface area contributed by atoms with Crippen LogP contribution in [0.25, 0.3) is 11.0 Å². The van der Waals surface area contributed by atoms with Gasteiger partial charge < -0.3 is 15.4 Å². The fraction of sp³-hybridized carbons (Fsp3) is 0.455. The van der Waals surface area contributed by atoms with Gasteiger partial charge in [-0.2, -0.15) is 0 Å². The van der Waals surface area contributed by atoms with E-state index in [1.807, 2.05) is 6.07 Å². The molecule has 0 aliphatic carbocycles. The summed E-state index contributed by atoms with van der Waals surface area (Å²) >= 11 is 0. The number of hydrogen-bond acceptors (Lipinski definition) is 4. The summed E-state index contributed by atoms with van der Waals surface area (Å²) in [6, 6.07) is 1.78. The first-order chi connectivity index (χ1) is 7.84. The van der Waals surface area contributed by atoms with Gasteiger partial charge in [-0.05, 0) is 25.5 Å². The molecule has 2 aromatic heterocycles. The van der Waals surface area contributed by atoms with E-state index in [1.165, 1.54) is 0 Å². The predicted octanol–water partition coefficient (Wildman–Crippen LogP) is 0.743. The van der Waals surface area contributed by atoms with Crippen LogP contribution in [-0.2, 0) is 0 Å². The molecule has 3 N–H and O–H groups in total. The highest BCUT2D eigenvalue weighted by atomic mass is 16.3. The van der Waals surface area contributed by atoms with Crippen LogP contribution in [0.4, 0.5) is 0 Å². The van der Waals surface area contributed by atoms with Gasteiger partial charge in [0.1, 0.15) is 5.82 Å². The number of rotatable bonds is 1. The van der Waals surface area contributed by atoms with Crippen LogP contribution in [-0.4, -0.2) is 32.7 Å². The molecule has 0 aromatic carbocycles. The lowest BCUT2D eigenvalue weighted by atomic mass is 10.0. The highest BCUT2D eigenvalue weighted by Gasteiger charge is 2.26. The number of aliphatic hydroxyl groups is 1. The molecule has 0 spiro atoms. The maximum absolute atomic E-state index is 9.91.